The number of rotatable bonds is 12. The van der Waals surface area contributed by atoms with Crippen LogP contribution < -0.4 is 15.4 Å². The third-order valence-electron chi connectivity index (χ3n) is 3.67. The molecule has 0 atom stereocenters. The largest absolute Gasteiger partial charge is 0.492 e. The molecule has 6 heteroatoms. The second-order valence-corrected chi connectivity index (χ2v) is 6.00. The molecule has 0 aliphatic heterocycles. The van der Waals surface area contributed by atoms with Crippen LogP contribution in [0.25, 0.3) is 0 Å². The van der Waals surface area contributed by atoms with E-state index in [-0.39, 0.29) is 0 Å². The van der Waals surface area contributed by atoms with Gasteiger partial charge in [-0.25, -0.2) is 0 Å². The number of ether oxygens (including phenoxy) is 2. The Morgan fingerprint density at radius 3 is 2.56 bits per heavy atom. The van der Waals surface area contributed by atoms with Gasteiger partial charge < -0.3 is 25.0 Å². The lowest BCUT2D eigenvalue weighted by Gasteiger charge is -2.16. The average Bonchev–Trinajstić information content (AvgIpc) is 2.60. The maximum absolute atomic E-state index is 5.72. The topological polar surface area (TPSA) is 58.1 Å². The Morgan fingerprint density at radius 1 is 1.12 bits per heavy atom. The molecule has 0 spiro atoms. The monoisotopic (exact) mass is 350 g/mol. The minimum Gasteiger partial charge on any atom is -0.492 e. The molecule has 142 valence electrons. The van der Waals surface area contributed by atoms with Crippen LogP contribution in [-0.4, -0.2) is 71.0 Å². The molecule has 1 aromatic rings. The van der Waals surface area contributed by atoms with E-state index in [0.29, 0.717) is 13.2 Å². The van der Waals surface area contributed by atoms with Crippen molar-refractivity contribution in [2.75, 3.05) is 60.1 Å². The predicted octanol–water partition coefficient (Wildman–Crippen LogP) is 1.90. The van der Waals surface area contributed by atoms with Crippen molar-refractivity contribution in [1.82, 2.24) is 15.5 Å². The molecule has 0 bridgehead atoms. The zero-order valence-electron chi connectivity index (χ0n) is 16.2. The first-order valence-corrected chi connectivity index (χ1v) is 9.04. The molecular weight excluding hydrogens is 316 g/mol. The van der Waals surface area contributed by atoms with E-state index in [1.807, 2.05) is 12.1 Å². The molecule has 0 fully saturated rings. The number of hydrogen-bond donors (Lipinski definition) is 2. The number of likely N-dealkylation sites (N-methyl/N-ethyl adjacent to an activating group) is 1. The zero-order valence-corrected chi connectivity index (χ0v) is 16.2. The van der Waals surface area contributed by atoms with E-state index in [0.717, 1.165) is 50.9 Å². The van der Waals surface area contributed by atoms with Gasteiger partial charge in [0.15, 0.2) is 5.96 Å². The molecule has 6 nitrogen and oxygen atoms in total. The first kappa shape index (κ1) is 21.3. The van der Waals surface area contributed by atoms with Crippen LogP contribution in [0.5, 0.6) is 5.75 Å². The van der Waals surface area contributed by atoms with E-state index < -0.39 is 0 Å². The number of methoxy groups -OCH3 is 1. The number of hydrogen-bond acceptors (Lipinski definition) is 4. The van der Waals surface area contributed by atoms with E-state index in [4.69, 9.17) is 9.47 Å². The summed E-state index contributed by atoms with van der Waals surface area (Å²) < 4.78 is 10.8. The van der Waals surface area contributed by atoms with Crippen LogP contribution in [0.3, 0.4) is 0 Å². The van der Waals surface area contributed by atoms with Gasteiger partial charge in [0.1, 0.15) is 12.4 Å². The van der Waals surface area contributed by atoms with Crippen molar-refractivity contribution in [3.8, 4) is 5.75 Å². The van der Waals surface area contributed by atoms with Gasteiger partial charge in [-0.3, -0.25) is 4.99 Å². The predicted molar refractivity (Wildman–Crippen MR) is 105 cm³/mol. The van der Waals surface area contributed by atoms with Crippen LogP contribution in [0.15, 0.2) is 29.3 Å². The number of guanidine groups is 1. The smallest absolute Gasteiger partial charge is 0.191 e. The maximum Gasteiger partial charge on any atom is 0.191 e. The molecule has 1 aromatic carbocycles. The number of benzene rings is 1. The lowest BCUT2D eigenvalue weighted by Crippen LogP contribution is -2.39. The molecule has 25 heavy (non-hydrogen) atoms. The minimum absolute atomic E-state index is 0.602. The molecule has 0 unspecified atom stereocenters. The van der Waals surface area contributed by atoms with Crippen molar-refractivity contribution in [3.63, 3.8) is 0 Å². The normalized spacial score (nSPS) is 11.6. The van der Waals surface area contributed by atoms with E-state index in [9.17, 15) is 0 Å². The van der Waals surface area contributed by atoms with Crippen LogP contribution in [-0.2, 0) is 4.74 Å². The van der Waals surface area contributed by atoms with Crippen molar-refractivity contribution in [2.24, 2.45) is 4.99 Å². The van der Waals surface area contributed by atoms with Gasteiger partial charge in [0.25, 0.3) is 0 Å². The Bertz CT molecular complexity index is 477. The van der Waals surface area contributed by atoms with Crippen molar-refractivity contribution < 1.29 is 9.47 Å². The molecule has 0 amide bonds. The molecule has 0 heterocycles. The highest BCUT2D eigenvalue weighted by molar-refractivity contribution is 5.79. The summed E-state index contributed by atoms with van der Waals surface area (Å²) in [6.07, 6.45) is 1.05. The van der Waals surface area contributed by atoms with Crippen molar-refractivity contribution in [3.05, 3.63) is 29.8 Å². The summed E-state index contributed by atoms with van der Waals surface area (Å²) in [6, 6.07) is 8.09. The van der Waals surface area contributed by atoms with Gasteiger partial charge >= 0.3 is 0 Å². The SMILES string of the molecule is CCNC(=NCCN(C)CCCOC)NCCOc1ccc(C)cc1. The van der Waals surface area contributed by atoms with Gasteiger partial charge in [0.2, 0.25) is 0 Å². The molecule has 0 radical (unpaired) electrons. The standard InChI is InChI=1S/C19H34N4O2/c1-5-20-19(21-11-14-23(3)13-6-15-24-4)22-12-16-25-18-9-7-17(2)8-10-18/h7-10H,5-6,11-16H2,1-4H3,(H2,20,21,22). The summed E-state index contributed by atoms with van der Waals surface area (Å²) in [7, 11) is 3.85. The highest BCUT2D eigenvalue weighted by atomic mass is 16.5. The van der Waals surface area contributed by atoms with Crippen molar-refractivity contribution in [1.29, 1.82) is 0 Å². The summed E-state index contributed by atoms with van der Waals surface area (Å²) in [5.74, 6) is 1.73. The fraction of sp³-hybridized carbons (Fsp3) is 0.632. The van der Waals surface area contributed by atoms with Gasteiger partial charge in [-0.2, -0.15) is 0 Å². The summed E-state index contributed by atoms with van der Waals surface area (Å²) in [4.78, 5) is 6.87. The Balaban J connectivity index is 2.24. The van der Waals surface area contributed by atoms with E-state index >= 15 is 0 Å². The summed E-state index contributed by atoms with van der Waals surface area (Å²) in [5.41, 5.74) is 1.24. The Labute approximate surface area is 152 Å². The van der Waals surface area contributed by atoms with E-state index in [2.05, 4.69) is 53.6 Å². The second kappa shape index (κ2) is 13.5. The summed E-state index contributed by atoms with van der Waals surface area (Å²) in [6.45, 7) is 9.81. The minimum atomic E-state index is 0.602. The highest BCUT2D eigenvalue weighted by Crippen LogP contribution is 2.10. The fourth-order valence-corrected chi connectivity index (χ4v) is 2.24. The first-order valence-electron chi connectivity index (χ1n) is 9.04. The van der Waals surface area contributed by atoms with Crippen LogP contribution >= 0.6 is 0 Å². The van der Waals surface area contributed by atoms with Crippen LogP contribution in [0.4, 0.5) is 0 Å². The molecule has 1 rings (SSSR count). The van der Waals surface area contributed by atoms with Crippen LogP contribution in [0.1, 0.15) is 18.9 Å². The summed E-state index contributed by atoms with van der Waals surface area (Å²) >= 11 is 0. The Hall–Kier alpha value is -1.79. The quantitative estimate of drug-likeness (QED) is 0.343. The van der Waals surface area contributed by atoms with Crippen LogP contribution in [0, 0.1) is 6.92 Å². The third-order valence-corrected chi connectivity index (χ3v) is 3.67. The molecule has 0 aliphatic rings. The van der Waals surface area contributed by atoms with Gasteiger partial charge in [-0.1, -0.05) is 17.7 Å². The van der Waals surface area contributed by atoms with Crippen LogP contribution in [0.2, 0.25) is 0 Å². The Kier molecular flexibility index (Phi) is 11.5. The van der Waals surface area contributed by atoms with Gasteiger partial charge in [-0.15, -0.1) is 0 Å². The van der Waals surface area contributed by atoms with E-state index in [1.165, 1.54) is 5.56 Å². The molecule has 0 aromatic heterocycles. The number of nitrogens with zero attached hydrogens (tertiary/aromatic N) is 2. The second-order valence-electron chi connectivity index (χ2n) is 6.00. The lowest BCUT2D eigenvalue weighted by atomic mass is 10.2. The molecule has 0 saturated carbocycles. The van der Waals surface area contributed by atoms with Gasteiger partial charge in [0, 0.05) is 33.4 Å². The summed E-state index contributed by atoms with van der Waals surface area (Å²) in [5, 5.41) is 6.56. The number of aryl methyl sites for hydroxylation is 1. The van der Waals surface area contributed by atoms with Crippen molar-refractivity contribution >= 4 is 5.96 Å². The Morgan fingerprint density at radius 2 is 1.88 bits per heavy atom. The van der Waals surface area contributed by atoms with E-state index in [1.54, 1.807) is 7.11 Å². The number of nitrogens with one attached hydrogen (secondary N) is 2. The van der Waals surface area contributed by atoms with Gasteiger partial charge in [-0.05, 0) is 39.4 Å². The average molecular weight is 351 g/mol. The van der Waals surface area contributed by atoms with Gasteiger partial charge in [0.05, 0.1) is 13.1 Å². The molecule has 0 aliphatic carbocycles. The first-order chi connectivity index (χ1) is 12.2. The maximum atomic E-state index is 5.72. The number of aliphatic imine (C=N–C) groups is 1. The third kappa shape index (κ3) is 10.6. The highest BCUT2D eigenvalue weighted by Gasteiger charge is 2.00. The zero-order chi connectivity index (χ0) is 18.3. The lowest BCUT2D eigenvalue weighted by molar-refractivity contribution is 0.180. The fourth-order valence-electron chi connectivity index (χ4n) is 2.24. The molecule has 2 N–H and O–H groups in total. The molecule has 0 saturated heterocycles. The van der Waals surface area contributed by atoms with Crippen molar-refractivity contribution in [2.45, 2.75) is 20.3 Å². The molecular formula is C19H34N4O2.